The second kappa shape index (κ2) is 6.23. The number of rotatable bonds is 3. The van der Waals surface area contributed by atoms with Gasteiger partial charge in [0.05, 0.1) is 0 Å². The van der Waals surface area contributed by atoms with E-state index in [1.165, 1.54) is 0 Å². The molecule has 1 aromatic heterocycles. The first-order valence-electron chi connectivity index (χ1n) is 7.28. The predicted octanol–water partition coefficient (Wildman–Crippen LogP) is -1.01. The first-order chi connectivity index (χ1) is 10.2. The van der Waals surface area contributed by atoms with Gasteiger partial charge in [0.2, 0.25) is 5.95 Å². The highest BCUT2D eigenvalue weighted by Crippen LogP contribution is 2.18. The van der Waals surface area contributed by atoms with Gasteiger partial charge >= 0.3 is 5.97 Å². The fourth-order valence-corrected chi connectivity index (χ4v) is 2.59. The molecule has 0 atom stereocenters. The number of nitrogens with one attached hydrogen (secondary N) is 2. The van der Waals surface area contributed by atoms with Crippen molar-refractivity contribution in [1.82, 2.24) is 20.6 Å². The van der Waals surface area contributed by atoms with Gasteiger partial charge in [-0.15, -0.1) is 0 Å². The lowest BCUT2D eigenvalue weighted by Crippen LogP contribution is -2.46. The highest BCUT2D eigenvalue weighted by atomic mass is 16.4. The predicted molar refractivity (Wildman–Crippen MR) is 79.2 cm³/mol. The quantitative estimate of drug-likeness (QED) is 0.653. The van der Waals surface area contributed by atoms with E-state index < -0.39 is 5.97 Å². The molecule has 0 radical (unpaired) electrons. The van der Waals surface area contributed by atoms with Crippen molar-refractivity contribution in [1.29, 1.82) is 0 Å². The minimum Gasteiger partial charge on any atom is -0.477 e. The number of anilines is 2. The van der Waals surface area contributed by atoms with E-state index in [2.05, 4.69) is 25.5 Å². The molecule has 0 unspecified atom stereocenters. The van der Waals surface area contributed by atoms with Crippen molar-refractivity contribution in [2.45, 2.75) is 0 Å². The van der Waals surface area contributed by atoms with Crippen molar-refractivity contribution in [3.63, 3.8) is 0 Å². The second-order valence-corrected chi connectivity index (χ2v) is 5.19. The van der Waals surface area contributed by atoms with E-state index in [9.17, 15) is 9.90 Å². The summed E-state index contributed by atoms with van der Waals surface area (Å²) < 4.78 is 0. The molecule has 114 valence electrons. The average Bonchev–Trinajstić information content (AvgIpc) is 2.56. The van der Waals surface area contributed by atoms with E-state index in [4.69, 9.17) is 0 Å². The smallest absolute Gasteiger partial charge is 0.354 e. The van der Waals surface area contributed by atoms with E-state index >= 15 is 0 Å². The molecule has 8 heteroatoms. The van der Waals surface area contributed by atoms with Crippen molar-refractivity contribution in [2.24, 2.45) is 0 Å². The standard InChI is InChI=1S/C13H20N6O2/c20-12(21)10-9-11(18-5-1-14-2-6-18)17-13(16-10)19-7-3-15-4-8-19/h9,14-15H,1-8H2,(H,20,21). The minimum absolute atomic E-state index is 0.0621. The maximum Gasteiger partial charge on any atom is 0.354 e. The van der Waals surface area contributed by atoms with Crippen LogP contribution in [0.15, 0.2) is 6.07 Å². The molecule has 21 heavy (non-hydrogen) atoms. The number of hydrogen-bond acceptors (Lipinski definition) is 7. The number of carboxylic acids is 1. The molecule has 0 amide bonds. The van der Waals surface area contributed by atoms with E-state index in [-0.39, 0.29) is 5.69 Å². The highest BCUT2D eigenvalue weighted by Gasteiger charge is 2.20. The Labute approximate surface area is 123 Å². The van der Waals surface area contributed by atoms with Crippen molar-refractivity contribution in [2.75, 3.05) is 62.2 Å². The van der Waals surface area contributed by atoms with Crippen LogP contribution in [0.25, 0.3) is 0 Å². The van der Waals surface area contributed by atoms with Crippen molar-refractivity contribution in [3.05, 3.63) is 11.8 Å². The van der Waals surface area contributed by atoms with Crippen LogP contribution in [0.4, 0.5) is 11.8 Å². The molecule has 2 aliphatic heterocycles. The fraction of sp³-hybridized carbons (Fsp3) is 0.615. The molecule has 3 heterocycles. The summed E-state index contributed by atoms with van der Waals surface area (Å²) in [6.45, 7) is 6.75. The Balaban J connectivity index is 1.91. The zero-order valence-electron chi connectivity index (χ0n) is 11.9. The van der Waals surface area contributed by atoms with Crippen molar-refractivity contribution >= 4 is 17.7 Å². The van der Waals surface area contributed by atoms with Gasteiger partial charge in [-0.2, -0.15) is 4.98 Å². The molecule has 3 rings (SSSR count). The lowest BCUT2D eigenvalue weighted by Gasteiger charge is -2.31. The van der Waals surface area contributed by atoms with E-state index in [1.807, 2.05) is 4.90 Å². The maximum atomic E-state index is 11.3. The first kappa shape index (κ1) is 14.0. The Morgan fingerprint density at radius 1 is 1.00 bits per heavy atom. The molecule has 3 N–H and O–H groups in total. The first-order valence-corrected chi connectivity index (χ1v) is 7.28. The van der Waals surface area contributed by atoms with Gasteiger partial charge < -0.3 is 25.5 Å². The minimum atomic E-state index is -1.01. The van der Waals surface area contributed by atoms with Crippen LogP contribution in [0, 0.1) is 0 Å². The van der Waals surface area contributed by atoms with Crippen molar-refractivity contribution < 1.29 is 9.90 Å². The van der Waals surface area contributed by atoms with Crippen LogP contribution in [0.3, 0.4) is 0 Å². The highest BCUT2D eigenvalue weighted by molar-refractivity contribution is 5.86. The zero-order chi connectivity index (χ0) is 14.7. The Morgan fingerprint density at radius 2 is 1.57 bits per heavy atom. The molecule has 1 aromatic rings. The summed E-state index contributed by atoms with van der Waals surface area (Å²) in [5, 5.41) is 15.8. The monoisotopic (exact) mass is 292 g/mol. The average molecular weight is 292 g/mol. The van der Waals surface area contributed by atoms with Crippen LogP contribution in [0.2, 0.25) is 0 Å². The lowest BCUT2D eigenvalue weighted by atomic mass is 10.3. The van der Waals surface area contributed by atoms with Crippen LogP contribution in [0.1, 0.15) is 10.5 Å². The van der Waals surface area contributed by atoms with Gasteiger partial charge in [-0.25, -0.2) is 9.78 Å². The number of aromatic nitrogens is 2. The third-order valence-electron chi connectivity index (χ3n) is 3.76. The summed E-state index contributed by atoms with van der Waals surface area (Å²) in [7, 11) is 0. The number of nitrogens with zero attached hydrogens (tertiary/aromatic N) is 4. The third-order valence-corrected chi connectivity index (χ3v) is 3.76. The number of aromatic carboxylic acids is 1. The molecule has 2 aliphatic rings. The molecular formula is C13H20N6O2. The summed E-state index contributed by atoms with van der Waals surface area (Å²) in [5.41, 5.74) is 0.0621. The van der Waals surface area contributed by atoms with E-state index in [1.54, 1.807) is 6.07 Å². The Bertz CT molecular complexity index is 475. The van der Waals surface area contributed by atoms with Crippen LogP contribution in [0.5, 0.6) is 0 Å². The summed E-state index contributed by atoms with van der Waals surface area (Å²) in [6.07, 6.45) is 0. The molecule has 2 fully saturated rings. The lowest BCUT2D eigenvalue weighted by molar-refractivity contribution is 0.0690. The summed E-state index contributed by atoms with van der Waals surface area (Å²) in [4.78, 5) is 24.2. The molecule has 0 aliphatic carbocycles. The van der Waals surface area contributed by atoms with Crippen LogP contribution in [-0.2, 0) is 0 Å². The Hall–Kier alpha value is -1.93. The van der Waals surface area contributed by atoms with Gasteiger partial charge in [-0.1, -0.05) is 0 Å². The molecule has 0 spiro atoms. The number of hydrogen-bond donors (Lipinski definition) is 3. The molecule has 0 bridgehead atoms. The molecule has 2 saturated heterocycles. The molecule has 0 aromatic carbocycles. The number of carboxylic acid groups (broad SMARTS) is 1. The van der Waals surface area contributed by atoms with Gasteiger partial charge in [0, 0.05) is 58.4 Å². The zero-order valence-corrected chi connectivity index (χ0v) is 11.9. The van der Waals surface area contributed by atoms with E-state index in [0.717, 1.165) is 52.4 Å². The molecule has 0 saturated carbocycles. The number of carbonyl (C=O) groups is 1. The van der Waals surface area contributed by atoms with Gasteiger partial charge in [0.1, 0.15) is 5.82 Å². The van der Waals surface area contributed by atoms with Crippen LogP contribution in [-0.4, -0.2) is 73.4 Å². The Kier molecular flexibility index (Phi) is 4.16. The van der Waals surface area contributed by atoms with Crippen LogP contribution < -0.4 is 20.4 Å². The fourth-order valence-electron chi connectivity index (χ4n) is 2.59. The van der Waals surface area contributed by atoms with Gasteiger partial charge in [0.15, 0.2) is 5.69 Å². The second-order valence-electron chi connectivity index (χ2n) is 5.19. The normalized spacial score (nSPS) is 19.6. The maximum absolute atomic E-state index is 11.3. The van der Waals surface area contributed by atoms with Gasteiger partial charge in [-0.05, 0) is 0 Å². The van der Waals surface area contributed by atoms with Crippen LogP contribution >= 0.6 is 0 Å². The Morgan fingerprint density at radius 3 is 2.14 bits per heavy atom. The largest absolute Gasteiger partial charge is 0.477 e. The van der Waals surface area contributed by atoms with Crippen molar-refractivity contribution in [3.8, 4) is 0 Å². The topological polar surface area (TPSA) is 93.6 Å². The molecule has 8 nitrogen and oxygen atoms in total. The molecular weight excluding hydrogens is 272 g/mol. The van der Waals surface area contributed by atoms with E-state index in [0.29, 0.717) is 11.8 Å². The van der Waals surface area contributed by atoms with Gasteiger partial charge in [0.25, 0.3) is 0 Å². The SMILES string of the molecule is O=C(O)c1cc(N2CCNCC2)nc(N2CCNCC2)n1. The summed E-state index contributed by atoms with van der Waals surface area (Å²) in [6, 6.07) is 1.57. The summed E-state index contributed by atoms with van der Waals surface area (Å²) >= 11 is 0. The van der Waals surface area contributed by atoms with Gasteiger partial charge in [-0.3, -0.25) is 0 Å². The third kappa shape index (κ3) is 3.22. The number of piperazine rings is 2. The summed E-state index contributed by atoms with van der Waals surface area (Å²) in [5.74, 6) is 0.215.